The van der Waals surface area contributed by atoms with Crippen LogP contribution in [0.3, 0.4) is 0 Å². The molecule has 0 aliphatic heterocycles. The van der Waals surface area contributed by atoms with E-state index >= 15 is 0 Å². The smallest absolute Gasteiger partial charge is 0.514 e. The third kappa shape index (κ3) is 30.2. The number of hydrogen-bond donors (Lipinski definition) is 8. The summed E-state index contributed by atoms with van der Waals surface area (Å²) in [4.78, 5) is 97.9. The number of urea groups is 1. The summed E-state index contributed by atoms with van der Waals surface area (Å²) < 4.78 is 20.3. The minimum Gasteiger partial charge on any atom is -0.528 e. The Morgan fingerprint density at radius 3 is 1.97 bits per heavy atom. The molecule has 0 spiro atoms. The minimum absolute atomic E-state index is 0. The van der Waals surface area contributed by atoms with Crippen molar-refractivity contribution in [1.29, 1.82) is 0 Å². The number of aliphatic carboxylic acids is 1. The van der Waals surface area contributed by atoms with E-state index in [9.17, 15) is 48.5 Å². The van der Waals surface area contributed by atoms with E-state index in [1.807, 2.05) is 0 Å². The number of hydrogen-bond acceptors (Lipinski definition) is 14. The van der Waals surface area contributed by atoms with Gasteiger partial charge in [-0.25, -0.2) is 9.59 Å². The molecule has 0 fully saturated rings. The second-order valence-electron chi connectivity index (χ2n) is 12.6. The molecule has 24 heteroatoms. The van der Waals surface area contributed by atoms with Crippen LogP contribution in [-0.2, 0) is 49.6 Å². The number of ether oxygens (including phenoxy) is 4. The van der Waals surface area contributed by atoms with Crippen LogP contribution in [0, 0.1) is 16.0 Å². The molecule has 0 saturated carbocycles. The third-order valence-corrected chi connectivity index (χ3v) is 7.30. The number of nitrogens with zero attached hydrogens (tertiary/aromatic N) is 1. The van der Waals surface area contributed by atoms with Gasteiger partial charge in [0.05, 0.1) is 37.9 Å². The fourth-order valence-electron chi connectivity index (χ4n) is 4.15. The van der Waals surface area contributed by atoms with Crippen molar-refractivity contribution in [3.63, 3.8) is 0 Å². The maximum absolute atomic E-state index is 11.9. The predicted octanol–water partition coefficient (Wildman–Crippen LogP) is 1.38. The van der Waals surface area contributed by atoms with Crippen molar-refractivity contribution in [3.05, 3.63) is 64.2 Å². The van der Waals surface area contributed by atoms with Crippen molar-refractivity contribution < 1.29 is 67.3 Å². The second-order valence-corrected chi connectivity index (χ2v) is 12.6. The first-order chi connectivity index (χ1) is 29.0. The SMILES string of the molecule is CC(C)C(NC(=O)CNC(=O)CCOCCOCCN[C-]=O)C(N)=O.CCC(=O)O.NC(=O)NCCCCC(=O)Nc1ccc(COC(=O)Oc2ccc([N+](=O)[O-])cc2)cc1.[Fm]. The number of carbonyl (C=O) groups is 7. The maximum Gasteiger partial charge on any atom is 0.514 e. The van der Waals surface area contributed by atoms with Crippen LogP contribution in [-0.4, -0.2) is 110 Å². The Hall–Kier alpha value is -7.88. The molecule has 350 valence electrons. The molecule has 0 aliphatic carbocycles. The van der Waals surface area contributed by atoms with Gasteiger partial charge in [-0.1, -0.05) is 32.9 Å². The van der Waals surface area contributed by atoms with Crippen LogP contribution in [0.4, 0.5) is 21.0 Å². The minimum atomic E-state index is -0.947. The van der Waals surface area contributed by atoms with Gasteiger partial charge in [-0.2, -0.15) is 6.41 Å². The van der Waals surface area contributed by atoms with Gasteiger partial charge in [0.2, 0.25) is 23.6 Å². The van der Waals surface area contributed by atoms with E-state index in [-0.39, 0.29) is 61.8 Å². The molecule has 10 N–H and O–H groups in total. The van der Waals surface area contributed by atoms with E-state index in [1.165, 1.54) is 30.7 Å². The molecule has 0 bridgehead atoms. The number of nitrogens with two attached hydrogens (primary N) is 2. The summed E-state index contributed by atoms with van der Waals surface area (Å²) in [6.45, 7) is 6.82. The predicted molar refractivity (Wildman–Crippen MR) is 217 cm³/mol. The Bertz CT molecular complexity index is 1680. The fourth-order valence-corrected chi connectivity index (χ4v) is 4.15. The summed E-state index contributed by atoms with van der Waals surface area (Å²) >= 11 is 0. The molecule has 7 amide bonds. The van der Waals surface area contributed by atoms with E-state index in [4.69, 9.17) is 35.5 Å². The molecule has 62 heavy (non-hydrogen) atoms. The number of carbonyl (C=O) groups excluding carboxylic acids is 7. The van der Waals surface area contributed by atoms with Crippen molar-refractivity contribution in [1.82, 2.24) is 21.3 Å². The van der Waals surface area contributed by atoms with Crippen LogP contribution >= 0.6 is 0 Å². The van der Waals surface area contributed by atoms with Gasteiger partial charge < -0.3 is 66.9 Å². The Balaban J connectivity index is 0. The van der Waals surface area contributed by atoms with Gasteiger partial charge >= 0.3 is 18.2 Å². The van der Waals surface area contributed by atoms with Crippen molar-refractivity contribution in [3.8, 4) is 5.75 Å². The summed E-state index contributed by atoms with van der Waals surface area (Å²) in [5, 5.41) is 30.8. The van der Waals surface area contributed by atoms with Crippen LogP contribution < -0.4 is 42.8 Å². The number of rotatable bonds is 26. The van der Waals surface area contributed by atoms with Crippen LogP contribution in [0.1, 0.15) is 58.4 Å². The molecule has 0 saturated heterocycles. The molecule has 23 nitrogen and oxygen atoms in total. The van der Waals surface area contributed by atoms with Crippen LogP contribution in [0.25, 0.3) is 0 Å². The summed E-state index contributed by atoms with van der Waals surface area (Å²) in [5.74, 6) is -2.37. The zero-order valence-corrected chi connectivity index (χ0v) is 36.9. The topological polar surface area (TPSA) is 349 Å². The molecule has 0 radical (unpaired) electrons. The standard InChI is InChI=1S/C20H22N4O7.C15H27N4O6.C3H6O2.Fm/c21-19(26)22-12-2-1-3-18(25)23-15-6-4-14(5-7-15)13-30-20(27)31-17-10-8-16(9-11-17)24(28)29;1-11(2)14(15(16)23)19-13(22)9-18-12(21)3-5-24-7-8-25-6-4-17-10-20;1-2-3(4)5;/h4-11H,1-3,12-13H2,(H,23,25)(H3,21,22,26);11,14H,3-9H2,1-2H3,(H2,16,23)(H,17,20)(H,18,21)(H,19,22);2H2,1H3,(H,4,5);/q;-1;;. The van der Waals surface area contributed by atoms with E-state index < -0.39 is 40.9 Å². The number of nitro benzene ring substituents is 1. The summed E-state index contributed by atoms with van der Waals surface area (Å²) in [7, 11) is 0. The first kappa shape index (κ1) is 56.2. The molecule has 2 rings (SSSR count). The Morgan fingerprint density at radius 1 is 0.823 bits per heavy atom. The summed E-state index contributed by atoms with van der Waals surface area (Å²) in [6, 6.07) is 10.4. The number of amides is 7. The maximum atomic E-state index is 11.9. The molecule has 0 heterocycles. The zero-order valence-electron chi connectivity index (χ0n) is 34.5. The number of nitro groups is 1. The van der Waals surface area contributed by atoms with Gasteiger partial charge in [0.1, 0.15) is 18.4 Å². The Morgan fingerprint density at radius 2 is 1.44 bits per heavy atom. The first-order valence-corrected chi connectivity index (χ1v) is 18.8. The van der Waals surface area contributed by atoms with E-state index in [1.54, 1.807) is 45.0 Å². The van der Waals surface area contributed by atoms with E-state index in [2.05, 4.69) is 26.6 Å². The molecule has 2 aromatic carbocycles. The van der Waals surface area contributed by atoms with Crippen molar-refractivity contribution in [2.24, 2.45) is 17.4 Å². The Kier molecular flexibility index (Phi) is 30.9. The van der Waals surface area contributed by atoms with Gasteiger partial charge in [0.15, 0.2) is 0 Å². The number of non-ortho nitro benzene ring substituents is 1. The third-order valence-electron chi connectivity index (χ3n) is 7.30. The van der Waals surface area contributed by atoms with Crippen LogP contribution in [0.15, 0.2) is 48.5 Å². The molecular weight excluding hydrogens is 1070 g/mol. The van der Waals surface area contributed by atoms with Crippen molar-refractivity contribution in [2.75, 3.05) is 51.4 Å². The van der Waals surface area contributed by atoms with Gasteiger partial charge in [-0.3, -0.25) is 34.1 Å². The van der Waals surface area contributed by atoms with Gasteiger partial charge in [-0.05, 0) is 48.6 Å². The quantitative estimate of drug-likeness (QED) is 0.0126. The zero-order chi connectivity index (χ0) is 46.0. The average molecular weight is 1120 g/mol. The fraction of sp³-hybridized carbons (Fsp3) is 0.474. The number of carboxylic acid groups (broad SMARTS) is 1. The number of carboxylic acids is 1. The number of benzene rings is 2. The number of anilines is 1. The summed E-state index contributed by atoms with van der Waals surface area (Å²) in [6.07, 6.45) is 2.45. The van der Waals surface area contributed by atoms with Gasteiger partial charge in [-0.15, -0.1) is 0 Å². The number of nitrogens with one attached hydrogen (secondary N) is 5. The van der Waals surface area contributed by atoms with E-state index in [0.717, 1.165) is 0 Å². The van der Waals surface area contributed by atoms with Crippen LogP contribution in [0.2, 0.25) is 0 Å². The van der Waals surface area contributed by atoms with E-state index in [0.29, 0.717) is 63.4 Å². The van der Waals surface area contributed by atoms with Gasteiger partial charge in [0.25, 0.3) is 5.69 Å². The molecule has 0 aromatic heterocycles. The Labute approximate surface area is 352 Å². The summed E-state index contributed by atoms with van der Waals surface area (Å²) in [5.41, 5.74) is 11.3. The molecule has 1 atom stereocenters. The van der Waals surface area contributed by atoms with Crippen LogP contribution in [0.5, 0.6) is 5.75 Å². The van der Waals surface area contributed by atoms with Crippen molar-refractivity contribution >= 4 is 59.6 Å². The van der Waals surface area contributed by atoms with Gasteiger partial charge in [0, 0.05) is 50.2 Å². The number of primary amides is 2. The number of unbranched alkanes of at least 4 members (excludes halogenated alkanes) is 1. The molecular formula is C38H55FmN8O15-. The molecule has 2 aromatic rings. The molecule has 1 unspecified atom stereocenters. The average Bonchev–Trinajstić information content (AvgIpc) is 3.21. The second kappa shape index (κ2) is 34.0. The van der Waals surface area contributed by atoms with Crippen molar-refractivity contribution in [2.45, 2.75) is 65.5 Å². The normalized spacial score (nSPS) is 10.3. The largest absolute Gasteiger partial charge is 0.528 e. The first-order valence-electron chi connectivity index (χ1n) is 18.8. The molecule has 0 aliphatic rings. The monoisotopic (exact) mass is 1120 g/mol.